The van der Waals surface area contributed by atoms with Gasteiger partial charge in [-0.05, 0) is 0 Å². The van der Waals surface area contributed by atoms with E-state index in [1.165, 1.54) is 5.92 Å². The van der Waals surface area contributed by atoms with Gasteiger partial charge in [0.15, 0.2) is 0 Å². The van der Waals surface area contributed by atoms with Crippen molar-refractivity contribution in [3.63, 3.8) is 0 Å². The van der Waals surface area contributed by atoms with Gasteiger partial charge in [0.25, 0.3) is 0 Å². The predicted molar refractivity (Wildman–Crippen MR) is 57.0 cm³/mol. The fourth-order valence-corrected chi connectivity index (χ4v) is 0.326. The Morgan fingerprint density at radius 1 is 1.13 bits per heavy atom. The van der Waals surface area contributed by atoms with E-state index < -0.39 is 0 Å². The monoisotopic (exact) mass is 299 g/mol. The molecule has 0 atom stereocenters. The van der Waals surface area contributed by atoms with Crippen molar-refractivity contribution in [1.29, 1.82) is 0 Å². The normalized spacial score (nSPS) is 6.47. The molecular weight excluding hydrogens is 281 g/mol. The molecule has 0 aliphatic rings. The Morgan fingerprint density at radius 2 is 1.47 bits per heavy atom. The SMILES string of the molecule is C[C-](C)C.Cn1ccnc1.[CH-]=O.[CH-]=O.[Ru+3]. The third kappa shape index (κ3) is 43.2. The summed E-state index contributed by atoms with van der Waals surface area (Å²) in [5, 5.41) is 0. The van der Waals surface area contributed by atoms with Gasteiger partial charge in [0, 0.05) is 19.4 Å². The van der Waals surface area contributed by atoms with Gasteiger partial charge in [-0.1, -0.05) is 0 Å². The number of imidazole rings is 1. The Balaban J connectivity index is -0.0000000601. The largest absolute Gasteiger partial charge is 3.00 e. The van der Waals surface area contributed by atoms with Crippen molar-refractivity contribution in [2.24, 2.45) is 7.05 Å². The van der Waals surface area contributed by atoms with E-state index in [0.717, 1.165) is 0 Å². The van der Waals surface area contributed by atoms with Gasteiger partial charge in [0.05, 0.1) is 6.33 Å². The molecule has 5 heteroatoms. The van der Waals surface area contributed by atoms with E-state index >= 15 is 0 Å². The van der Waals surface area contributed by atoms with E-state index in [2.05, 4.69) is 39.3 Å². The van der Waals surface area contributed by atoms with Crippen LogP contribution in [-0.2, 0) is 36.1 Å². The van der Waals surface area contributed by atoms with Gasteiger partial charge in [-0.2, -0.15) is 20.8 Å². The van der Waals surface area contributed by atoms with Gasteiger partial charge in [-0.25, -0.2) is 4.98 Å². The first-order valence-corrected chi connectivity index (χ1v) is 3.78. The molecule has 0 aromatic carbocycles. The summed E-state index contributed by atoms with van der Waals surface area (Å²) in [5.41, 5.74) is 0. The summed E-state index contributed by atoms with van der Waals surface area (Å²) >= 11 is 0. The molecule has 0 aliphatic heterocycles. The van der Waals surface area contributed by atoms with Crippen molar-refractivity contribution in [2.75, 3.05) is 0 Å². The average Bonchev–Trinajstić information content (AvgIpc) is 2.62. The molecule has 0 spiro atoms. The van der Waals surface area contributed by atoms with Gasteiger partial charge < -0.3 is 20.1 Å². The molecule has 0 amide bonds. The fraction of sp³-hybridized carbons (Fsp3) is 0.400. The molecule has 0 unspecified atom stereocenters. The van der Waals surface area contributed by atoms with E-state index in [9.17, 15) is 0 Å². The minimum absolute atomic E-state index is 0. The fourth-order valence-electron chi connectivity index (χ4n) is 0.326. The Labute approximate surface area is 105 Å². The molecule has 4 nitrogen and oxygen atoms in total. The summed E-state index contributed by atoms with van der Waals surface area (Å²) in [7, 11) is 1.94. The quantitative estimate of drug-likeness (QED) is 0.414. The van der Waals surface area contributed by atoms with Gasteiger partial charge in [-0.3, -0.25) is 13.6 Å². The summed E-state index contributed by atoms with van der Waals surface area (Å²) in [6.45, 7) is 12.8. The molecule has 1 heterocycles. The molecule has 0 fully saturated rings. The van der Waals surface area contributed by atoms with Crippen LogP contribution in [0.3, 0.4) is 0 Å². The zero-order valence-corrected chi connectivity index (χ0v) is 11.2. The Kier molecular flexibility index (Phi) is 36.8. The van der Waals surface area contributed by atoms with Crippen LogP contribution in [0.15, 0.2) is 18.7 Å². The van der Waals surface area contributed by atoms with Crippen LogP contribution in [0.25, 0.3) is 0 Å². The van der Waals surface area contributed by atoms with Crippen molar-refractivity contribution in [3.05, 3.63) is 24.6 Å². The van der Waals surface area contributed by atoms with E-state index in [4.69, 9.17) is 9.59 Å². The minimum Gasteiger partial charge on any atom is -0.545 e. The molecule has 87 valence electrons. The van der Waals surface area contributed by atoms with Crippen molar-refractivity contribution in [3.8, 4) is 0 Å². The van der Waals surface area contributed by atoms with Crippen LogP contribution in [-0.4, -0.2) is 23.1 Å². The number of aromatic nitrogens is 2. The number of hydrogen-bond donors (Lipinski definition) is 0. The maximum atomic E-state index is 7.75. The molecule has 1 radical (unpaired) electrons. The van der Waals surface area contributed by atoms with Crippen molar-refractivity contribution < 1.29 is 29.1 Å². The molecule has 0 saturated heterocycles. The summed E-state index contributed by atoms with van der Waals surface area (Å²) in [6, 6.07) is 0. The molecular formula is C10H17N2O2Ru. The summed E-state index contributed by atoms with van der Waals surface area (Å²) in [4.78, 5) is 19.3. The summed E-state index contributed by atoms with van der Waals surface area (Å²) in [6.07, 6.45) is 5.39. The van der Waals surface area contributed by atoms with E-state index in [1.54, 1.807) is 12.5 Å². The van der Waals surface area contributed by atoms with Crippen LogP contribution in [0.5, 0.6) is 0 Å². The minimum atomic E-state index is 0. The first kappa shape index (κ1) is 23.8. The van der Waals surface area contributed by atoms with Gasteiger partial charge in [-0.15, -0.1) is 0 Å². The van der Waals surface area contributed by atoms with Crippen LogP contribution in [0.2, 0.25) is 0 Å². The Hall–Kier alpha value is -0.827. The standard InChI is InChI=1S/C4H6N2.C4H9.2CHO.Ru/c1-6-3-2-5-4-6;1-4(2)3;2*1-2;/h2-4H,1H3;1-3H3;2*1H;/q;3*-1;+3. The first-order chi connectivity index (χ1) is 6.63. The Morgan fingerprint density at radius 3 is 1.53 bits per heavy atom. The zero-order valence-electron chi connectivity index (χ0n) is 9.45. The molecule has 0 N–H and O–H groups in total. The van der Waals surface area contributed by atoms with E-state index in [1.807, 2.05) is 17.8 Å². The maximum Gasteiger partial charge on any atom is 3.00 e. The van der Waals surface area contributed by atoms with E-state index in [-0.39, 0.29) is 19.5 Å². The van der Waals surface area contributed by atoms with Crippen LogP contribution < -0.4 is 0 Å². The number of carbonyl (C=O) groups excluding carboxylic acids is 2. The molecule has 1 aromatic heterocycles. The van der Waals surface area contributed by atoms with Gasteiger partial charge in [0.2, 0.25) is 0 Å². The van der Waals surface area contributed by atoms with E-state index in [0.29, 0.717) is 0 Å². The third-order valence-electron chi connectivity index (χ3n) is 0.637. The van der Waals surface area contributed by atoms with Gasteiger partial charge >= 0.3 is 19.5 Å². The number of nitrogens with zero attached hydrogens (tertiary/aromatic N) is 2. The second-order valence-corrected chi connectivity index (χ2v) is 2.73. The number of aryl methyl sites for hydroxylation is 1. The average molecular weight is 298 g/mol. The molecule has 1 aromatic rings. The molecule has 0 aliphatic carbocycles. The van der Waals surface area contributed by atoms with Crippen molar-refractivity contribution in [1.82, 2.24) is 9.55 Å². The molecule has 0 bridgehead atoms. The second-order valence-electron chi connectivity index (χ2n) is 2.73. The predicted octanol–water partition coefficient (Wildman–Crippen LogP) is 1.49. The first-order valence-electron chi connectivity index (χ1n) is 3.78. The summed E-state index contributed by atoms with van der Waals surface area (Å²) < 4.78 is 1.89. The third-order valence-corrected chi connectivity index (χ3v) is 0.637. The molecule has 15 heavy (non-hydrogen) atoms. The smallest absolute Gasteiger partial charge is 0.545 e. The second kappa shape index (κ2) is 23.2. The van der Waals surface area contributed by atoms with Crippen molar-refractivity contribution >= 4 is 13.6 Å². The van der Waals surface area contributed by atoms with Crippen LogP contribution in [0, 0.1) is 5.92 Å². The Bertz CT molecular complexity index is 175. The van der Waals surface area contributed by atoms with Crippen LogP contribution >= 0.6 is 0 Å². The number of hydrogen-bond acceptors (Lipinski definition) is 3. The summed E-state index contributed by atoms with van der Waals surface area (Å²) in [5.74, 6) is 1.42. The molecule has 0 saturated carbocycles. The molecule has 1 rings (SSSR count). The van der Waals surface area contributed by atoms with Crippen LogP contribution in [0.4, 0.5) is 0 Å². The van der Waals surface area contributed by atoms with Crippen molar-refractivity contribution in [2.45, 2.75) is 20.8 Å². The van der Waals surface area contributed by atoms with Gasteiger partial charge in [0.1, 0.15) is 0 Å². The zero-order chi connectivity index (χ0) is 12.0. The maximum absolute atomic E-state index is 7.75. The van der Waals surface area contributed by atoms with Crippen LogP contribution in [0.1, 0.15) is 20.8 Å². The number of rotatable bonds is 0. The topological polar surface area (TPSA) is 52.0 Å².